The molecule has 112 valence electrons. The standard InChI is InChI=1S/C18H21FO2/c1-12-9-10-15(17(21-4)13(12)2)18(3,20)11-14-7-5-6-8-16(14)19/h5-10,20H,11H2,1-4H3. The number of hydrogen-bond acceptors (Lipinski definition) is 2. The molecule has 21 heavy (non-hydrogen) atoms. The topological polar surface area (TPSA) is 29.5 Å². The predicted octanol–water partition coefficient (Wildman–Crippen LogP) is 3.90. The molecule has 0 aliphatic rings. The summed E-state index contributed by atoms with van der Waals surface area (Å²) in [4.78, 5) is 0. The van der Waals surface area contributed by atoms with Gasteiger partial charge in [0.15, 0.2) is 0 Å². The molecule has 0 fully saturated rings. The van der Waals surface area contributed by atoms with Gasteiger partial charge < -0.3 is 9.84 Å². The molecule has 0 saturated heterocycles. The van der Waals surface area contributed by atoms with Gasteiger partial charge in [-0.1, -0.05) is 30.3 Å². The van der Waals surface area contributed by atoms with Crippen molar-refractivity contribution in [2.75, 3.05) is 7.11 Å². The maximum absolute atomic E-state index is 13.8. The first-order valence-electron chi connectivity index (χ1n) is 6.97. The normalized spacial score (nSPS) is 13.8. The Morgan fingerprint density at radius 2 is 1.81 bits per heavy atom. The number of benzene rings is 2. The first-order valence-corrected chi connectivity index (χ1v) is 6.97. The van der Waals surface area contributed by atoms with Crippen LogP contribution in [-0.4, -0.2) is 12.2 Å². The zero-order chi connectivity index (χ0) is 15.6. The molecule has 2 rings (SSSR count). The number of ether oxygens (including phenoxy) is 1. The molecule has 0 heterocycles. The molecule has 0 aliphatic carbocycles. The Kier molecular flexibility index (Phi) is 4.33. The van der Waals surface area contributed by atoms with Crippen molar-refractivity contribution in [3.05, 3.63) is 64.5 Å². The smallest absolute Gasteiger partial charge is 0.128 e. The van der Waals surface area contributed by atoms with Gasteiger partial charge in [-0.2, -0.15) is 0 Å². The first kappa shape index (κ1) is 15.5. The molecular weight excluding hydrogens is 267 g/mol. The van der Waals surface area contributed by atoms with Crippen molar-refractivity contribution in [1.29, 1.82) is 0 Å². The third-order valence-corrected chi connectivity index (χ3v) is 3.95. The van der Waals surface area contributed by atoms with Crippen molar-refractivity contribution < 1.29 is 14.2 Å². The van der Waals surface area contributed by atoms with Gasteiger partial charge in [-0.15, -0.1) is 0 Å². The van der Waals surface area contributed by atoms with E-state index in [-0.39, 0.29) is 12.2 Å². The molecule has 0 saturated carbocycles. The minimum absolute atomic E-state index is 0.193. The van der Waals surface area contributed by atoms with Gasteiger partial charge in [0.25, 0.3) is 0 Å². The highest BCUT2D eigenvalue weighted by atomic mass is 19.1. The minimum atomic E-state index is -1.20. The molecule has 1 atom stereocenters. The second kappa shape index (κ2) is 5.86. The summed E-state index contributed by atoms with van der Waals surface area (Å²) < 4.78 is 19.3. The van der Waals surface area contributed by atoms with E-state index in [1.807, 2.05) is 26.0 Å². The van der Waals surface area contributed by atoms with Gasteiger partial charge in [-0.05, 0) is 43.5 Å². The van der Waals surface area contributed by atoms with Crippen LogP contribution in [0.25, 0.3) is 0 Å². The zero-order valence-corrected chi connectivity index (χ0v) is 12.9. The van der Waals surface area contributed by atoms with Crippen molar-refractivity contribution in [3.8, 4) is 5.75 Å². The van der Waals surface area contributed by atoms with Gasteiger partial charge in [0, 0.05) is 12.0 Å². The van der Waals surface area contributed by atoms with Crippen molar-refractivity contribution in [3.63, 3.8) is 0 Å². The van der Waals surface area contributed by atoms with E-state index < -0.39 is 5.60 Å². The summed E-state index contributed by atoms with van der Waals surface area (Å²) in [5.74, 6) is 0.358. The van der Waals surface area contributed by atoms with Crippen molar-refractivity contribution in [1.82, 2.24) is 0 Å². The number of hydrogen-bond donors (Lipinski definition) is 1. The highest BCUT2D eigenvalue weighted by Crippen LogP contribution is 2.36. The highest BCUT2D eigenvalue weighted by Gasteiger charge is 2.29. The molecule has 0 bridgehead atoms. The molecule has 1 unspecified atom stereocenters. The summed E-state index contributed by atoms with van der Waals surface area (Å²) in [6, 6.07) is 10.3. The Labute approximate surface area is 125 Å². The van der Waals surface area contributed by atoms with Crippen molar-refractivity contribution in [2.45, 2.75) is 32.8 Å². The Bertz CT molecular complexity index is 648. The maximum atomic E-state index is 13.8. The maximum Gasteiger partial charge on any atom is 0.128 e. The van der Waals surface area contributed by atoms with Crippen LogP contribution in [0, 0.1) is 19.7 Å². The SMILES string of the molecule is COc1c(C(C)(O)Cc2ccccc2F)ccc(C)c1C. The summed E-state index contributed by atoms with van der Waals surface area (Å²) in [5, 5.41) is 10.8. The van der Waals surface area contributed by atoms with Crippen molar-refractivity contribution in [2.24, 2.45) is 0 Å². The molecule has 2 aromatic carbocycles. The lowest BCUT2D eigenvalue weighted by atomic mass is 9.86. The zero-order valence-electron chi connectivity index (χ0n) is 12.9. The number of aryl methyl sites for hydroxylation is 1. The second-order valence-electron chi connectivity index (χ2n) is 5.63. The number of halogens is 1. The highest BCUT2D eigenvalue weighted by molar-refractivity contribution is 5.48. The van der Waals surface area contributed by atoms with Crippen molar-refractivity contribution >= 4 is 0 Å². The molecule has 2 nitrogen and oxygen atoms in total. The van der Waals surface area contributed by atoms with Crippen LogP contribution in [0.15, 0.2) is 36.4 Å². The van der Waals surface area contributed by atoms with E-state index in [9.17, 15) is 9.50 Å². The number of methoxy groups -OCH3 is 1. The lowest BCUT2D eigenvalue weighted by Gasteiger charge is -2.27. The van der Waals surface area contributed by atoms with Gasteiger partial charge in [0.05, 0.1) is 12.7 Å². The average molecular weight is 288 g/mol. The number of aliphatic hydroxyl groups is 1. The van der Waals surface area contributed by atoms with Crippen LogP contribution >= 0.6 is 0 Å². The van der Waals surface area contributed by atoms with Crippen LogP contribution in [0.3, 0.4) is 0 Å². The summed E-state index contributed by atoms with van der Waals surface area (Å²) in [6.45, 7) is 5.64. The monoisotopic (exact) mass is 288 g/mol. The van der Waals surface area contributed by atoms with E-state index in [4.69, 9.17) is 4.74 Å². The summed E-state index contributed by atoms with van der Waals surface area (Å²) >= 11 is 0. The summed E-state index contributed by atoms with van der Waals surface area (Å²) in [5.41, 5.74) is 2.05. The quantitative estimate of drug-likeness (QED) is 0.924. The van der Waals surface area contributed by atoms with Gasteiger partial charge in [-0.25, -0.2) is 4.39 Å². The number of rotatable bonds is 4. The fourth-order valence-corrected chi connectivity index (χ4v) is 2.59. The predicted molar refractivity (Wildman–Crippen MR) is 82.1 cm³/mol. The molecule has 0 amide bonds. The van der Waals surface area contributed by atoms with Crippen LogP contribution in [0.5, 0.6) is 5.75 Å². The van der Waals surface area contributed by atoms with Crippen LogP contribution in [0.1, 0.15) is 29.2 Å². The Morgan fingerprint density at radius 1 is 1.14 bits per heavy atom. The van der Waals surface area contributed by atoms with Crippen LogP contribution in [-0.2, 0) is 12.0 Å². The lowest BCUT2D eigenvalue weighted by molar-refractivity contribution is 0.0539. The van der Waals surface area contributed by atoms with E-state index in [1.54, 1.807) is 32.2 Å². The van der Waals surface area contributed by atoms with Gasteiger partial charge >= 0.3 is 0 Å². The fourth-order valence-electron chi connectivity index (χ4n) is 2.59. The van der Waals surface area contributed by atoms with Crippen LogP contribution < -0.4 is 4.74 Å². The third kappa shape index (κ3) is 3.08. The van der Waals surface area contributed by atoms with E-state index in [0.29, 0.717) is 16.9 Å². The molecule has 2 aromatic rings. The average Bonchev–Trinajstić information content (AvgIpc) is 2.43. The second-order valence-corrected chi connectivity index (χ2v) is 5.63. The Hall–Kier alpha value is -1.87. The summed E-state index contributed by atoms with van der Waals surface area (Å²) in [6.07, 6.45) is 0.193. The molecule has 0 radical (unpaired) electrons. The summed E-state index contributed by atoms with van der Waals surface area (Å²) in [7, 11) is 1.59. The largest absolute Gasteiger partial charge is 0.496 e. The van der Waals surface area contributed by atoms with Crippen LogP contribution in [0.2, 0.25) is 0 Å². The van der Waals surface area contributed by atoms with Gasteiger partial charge in [0.2, 0.25) is 0 Å². The van der Waals surface area contributed by atoms with Gasteiger partial charge in [-0.3, -0.25) is 0 Å². The lowest BCUT2D eigenvalue weighted by Crippen LogP contribution is -2.26. The molecule has 3 heteroatoms. The van der Waals surface area contributed by atoms with E-state index in [2.05, 4.69) is 0 Å². The van der Waals surface area contributed by atoms with E-state index in [1.165, 1.54) is 6.07 Å². The molecule has 0 aromatic heterocycles. The fraction of sp³-hybridized carbons (Fsp3) is 0.333. The first-order chi connectivity index (χ1) is 9.86. The minimum Gasteiger partial charge on any atom is -0.496 e. The Balaban J connectivity index is 2.45. The third-order valence-electron chi connectivity index (χ3n) is 3.95. The molecule has 0 aliphatic heterocycles. The van der Waals surface area contributed by atoms with E-state index in [0.717, 1.165) is 11.1 Å². The van der Waals surface area contributed by atoms with Gasteiger partial charge in [0.1, 0.15) is 11.6 Å². The molecular formula is C18H21FO2. The van der Waals surface area contributed by atoms with Crippen LogP contribution in [0.4, 0.5) is 4.39 Å². The molecule has 0 spiro atoms. The molecule has 1 N–H and O–H groups in total. The van der Waals surface area contributed by atoms with E-state index >= 15 is 0 Å². The Morgan fingerprint density at radius 3 is 2.43 bits per heavy atom.